The zero-order valence-corrected chi connectivity index (χ0v) is 17.6. The number of carbonyl (C=O) groups is 1. The molecular formula is C21H13Cl2NO2S2. The topological polar surface area (TPSA) is 46.5 Å². The molecule has 0 radical (unpaired) electrons. The maximum atomic E-state index is 12.6. The summed E-state index contributed by atoms with van der Waals surface area (Å²) in [7, 11) is 0. The van der Waals surface area contributed by atoms with Crippen molar-refractivity contribution in [3.8, 4) is 0 Å². The number of halogens is 2. The highest BCUT2D eigenvalue weighted by molar-refractivity contribution is 7.23. The molecule has 4 rings (SSSR count). The van der Waals surface area contributed by atoms with E-state index in [-0.39, 0.29) is 5.78 Å². The van der Waals surface area contributed by atoms with Crippen molar-refractivity contribution >= 4 is 82.9 Å². The van der Waals surface area contributed by atoms with Crippen molar-refractivity contribution in [3.05, 3.63) is 63.0 Å². The lowest BCUT2D eigenvalue weighted by Crippen LogP contribution is -1.98. The predicted molar refractivity (Wildman–Crippen MR) is 119 cm³/mol. The number of ketones is 1. The fourth-order valence-corrected chi connectivity index (χ4v) is 5.90. The Bertz CT molecular complexity index is 1250. The van der Waals surface area contributed by atoms with Gasteiger partial charge in [0.2, 0.25) is 6.08 Å². The van der Waals surface area contributed by atoms with E-state index < -0.39 is 0 Å². The number of aliphatic imine (C=N–C) groups is 1. The maximum absolute atomic E-state index is 12.6. The molecule has 7 heteroatoms. The normalized spacial score (nSPS) is 11.1. The van der Waals surface area contributed by atoms with Crippen LogP contribution in [0.4, 0.5) is 5.00 Å². The SMILES string of the molecule is O=C=Nc1sc2ccc(CCCC(=O)c3sc4ccccc4c3Cl)cc2c1Cl. The van der Waals surface area contributed by atoms with Gasteiger partial charge in [-0.15, -0.1) is 22.7 Å². The quantitative estimate of drug-likeness (QED) is 0.174. The number of hydrogen-bond donors (Lipinski definition) is 0. The minimum absolute atomic E-state index is 0.0726. The molecule has 0 saturated carbocycles. The summed E-state index contributed by atoms with van der Waals surface area (Å²) in [5.41, 5.74) is 1.09. The molecule has 2 heterocycles. The number of rotatable bonds is 6. The standard InChI is InChI=1S/C21H13Cl2NO2S2/c22-18-13-5-1-2-7-16(13)27-20(18)15(26)6-3-4-12-8-9-17-14(10-12)19(23)21(28-17)24-11-25/h1-2,5,7-10H,3-4,6H2. The number of Topliss-reactive ketones (excluding diaryl/α,β-unsaturated/α-hetero) is 1. The van der Waals surface area contributed by atoms with E-state index >= 15 is 0 Å². The van der Waals surface area contributed by atoms with Gasteiger partial charge in [-0.25, -0.2) is 4.79 Å². The number of aryl methyl sites for hydroxylation is 1. The molecule has 140 valence electrons. The minimum Gasteiger partial charge on any atom is -0.293 e. The molecule has 0 atom stereocenters. The van der Waals surface area contributed by atoms with Crippen LogP contribution in [0.25, 0.3) is 20.2 Å². The summed E-state index contributed by atoms with van der Waals surface area (Å²) >= 11 is 15.5. The van der Waals surface area contributed by atoms with E-state index in [2.05, 4.69) is 4.99 Å². The molecule has 0 N–H and O–H groups in total. The number of carbonyl (C=O) groups excluding carboxylic acids is 2. The van der Waals surface area contributed by atoms with Crippen LogP contribution in [0.15, 0.2) is 47.5 Å². The molecule has 0 aliphatic rings. The van der Waals surface area contributed by atoms with Gasteiger partial charge in [-0.05, 0) is 36.6 Å². The summed E-state index contributed by atoms with van der Waals surface area (Å²) in [5, 5.41) is 3.30. The number of isocyanates is 1. The summed E-state index contributed by atoms with van der Waals surface area (Å²) in [6, 6.07) is 13.8. The zero-order valence-electron chi connectivity index (χ0n) is 14.5. The highest BCUT2D eigenvalue weighted by Crippen LogP contribution is 2.41. The third-order valence-electron chi connectivity index (χ3n) is 4.48. The molecule has 3 nitrogen and oxygen atoms in total. The molecule has 2 aromatic heterocycles. The van der Waals surface area contributed by atoms with Crippen LogP contribution >= 0.6 is 45.9 Å². The Hall–Kier alpha value is -2.01. The van der Waals surface area contributed by atoms with Crippen LogP contribution in [0, 0.1) is 0 Å². The maximum Gasteiger partial charge on any atom is 0.241 e. The first kappa shape index (κ1) is 19.3. The van der Waals surface area contributed by atoms with E-state index in [0.29, 0.717) is 26.3 Å². The molecule has 2 aromatic carbocycles. The van der Waals surface area contributed by atoms with E-state index in [1.807, 2.05) is 42.5 Å². The lowest BCUT2D eigenvalue weighted by molar-refractivity contribution is 0.0984. The van der Waals surface area contributed by atoms with Gasteiger partial charge in [0.15, 0.2) is 5.78 Å². The van der Waals surface area contributed by atoms with Gasteiger partial charge in [-0.1, -0.05) is 47.5 Å². The van der Waals surface area contributed by atoms with Gasteiger partial charge in [-0.2, -0.15) is 4.99 Å². The first-order chi connectivity index (χ1) is 13.6. The second-order valence-electron chi connectivity index (χ2n) is 6.27. The molecule has 0 spiro atoms. The van der Waals surface area contributed by atoms with E-state index in [1.165, 1.54) is 28.8 Å². The predicted octanol–water partition coefficient (Wildman–Crippen LogP) is 7.60. The Balaban J connectivity index is 1.47. The van der Waals surface area contributed by atoms with Crippen molar-refractivity contribution in [2.24, 2.45) is 4.99 Å². The Kier molecular flexibility index (Phi) is 5.63. The van der Waals surface area contributed by atoms with Crippen molar-refractivity contribution in [1.29, 1.82) is 0 Å². The summed E-state index contributed by atoms with van der Waals surface area (Å²) in [6.07, 6.45) is 3.43. The first-order valence-corrected chi connectivity index (χ1v) is 11.0. The Morgan fingerprint density at radius 2 is 1.79 bits per heavy atom. The highest BCUT2D eigenvalue weighted by atomic mass is 35.5. The summed E-state index contributed by atoms with van der Waals surface area (Å²) in [5.74, 6) is 0.0726. The molecule has 0 amide bonds. The van der Waals surface area contributed by atoms with Gasteiger partial charge in [-0.3, -0.25) is 4.79 Å². The molecule has 0 aliphatic carbocycles. The number of benzene rings is 2. The molecule has 0 unspecified atom stereocenters. The van der Waals surface area contributed by atoms with Gasteiger partial charge in [0.05, 0.1) is 14.9 Å². The second kappa shape index (κ2) is 8.16. The first-order valence-electron chi connectivity index (χ1n) is 8.57. The molecule has 0 saturated heterocycles. The van der Waals surface area contributed by atoms with Gasteiger partial charge >= 0.3 is 0 Å². The fourth-order valence-electron chi connectivity index (χ4n) is 3.13. The average Bonchev–Trinajstić information content (AvgIpc) is 3.20. The van der Waals surface area contributed by atoms with Crippen molar-refractivity contribution < 1.29 is 9.59 Å². The van der Waals surface area contributed by atoms with Crippen LogP contribution < -0.4 is 0 Å². The minimum atomic E-state index is 0.0726. The van der Waals surface area contributed by atoms with Gasteiger partial charge in [0, 0.05) is 26.6 Å². The van der Waals surface area contributed by atoms with Crippen LogP contribution in [0.2, 0.25) is 10.0 Å². The third-order valence-corrected chi connectivity index (χ3v) is 7.76. The van der Waals surface area contributed by atoms with E-state index in [9.17, 15) is 9.59 Å². The number of thiophene rings is 2. The zero-order chi connectivity index (χ0) is 19.7. The molecule has 0 aliphatic heterocycles. The fraction of sp³-hybridized carbons (Fsp3) is 0.143. The molecule has 28 heavy (non-hydrogen) atoms. The summed E-state index contributed by atoms with van der Waals surface area (Å²) < 4.78 is 2.00. The molecule has 4 aromatic rings. The van der Waals surface area contributed by atoms with E-state index in [1.54, 1.807) is 0 Å². The van der Waals surface area contributed by atoms with Crippen LogP contribution in [0.5, 0.6) is 0 Å². The smallest absolute Gasteiger partial charge is 0.241 e. The van der Waals surface area contributed by atoms with Crippen LogP contribution in [0.1, 0.15) is 28.1 Å². The van der Waals surface area contributed by atoms with Gasteiger partial charge < -0.3 is 0 Å². The monoisotopic (exact) mass is 445 g/mol. The Morgan fingerprint density at radius 1 is 1.00 bits per heavy atom. The summed E-state index contributed by atoms with van der Waals surface area (Å²) in [4.78, 5) is 27.4. The van der Waals surface area contributed by atoms with Crippen LogP contribution in [-0.2, 0) is 11.2 Å². The van der Waals surface area contributed by atoms with Crippen LogP contribution in [0.3, 0.4) is 0 Å². The highest BCUT2D eigenvalue weighted by Gasteiger charge is 2.17. The van der Waals surface area contributed by atoms with E-state index in [0.717, 1.165) is 38.6 Å². The largest absolute Gasteiger partial charge is 0.293 e. The third kappa shape index (κ3) is 3.64. The number of fused-ring (bicyclic) bond motifs is 2. The molecular weight excluding hydrogens is 433 g/mol. The van der Waals surface area contributed by atoms with Crippen molar-refractivity contribution in [2.75, 3.05) is 0 Å². The molecule has 0 bridgehead atoms. The average molecular weight is 446 g/mol. The lowest BCUT2D eigenvalue weighted by atomic mass is 10.0. The summed E-state index contributed by atoms with van der Waals surface area (Å²) in [6.45, 7) is 0. The van der Waals surface area contributed by atoms with Gasteiger partial charge in [0.1, 0.15) is 5.00 Å². The molecule has 0 fully saturated rings. The second-order valence-corrected chi connectivity index (χ2v) is 9.11. The van der Waals surface area contributed by atoms with E-state index in [4.69, 9.17) is 23.2 Å². The van der Waals surface area contributed by atoms with Crippen molar-refractivity contribution in [2.45, 2.75) is 19.3 Å². The lowest BCUT2D eigenvalue weighted by Gasteiger charge is -2.02. The van der Waals surface area contributed by atoms with Crippen molar-refractivity contribution in [1.82, 2.24) is 0 Å². The number of hydrogen-bond acceptors (Lipinski definition) is 5. The van der Waals surface area contributed by atoms with Gasteiger partial charge in [0.25, 0.3) is 0 Å². The Morgan fingerprint density at radius 3 is 2.57 bits per heavy atom. The van der Waals surface area contributed by atoms with Crippen molar-refractivity contribution in [3.63, 3.8) is 0 Å². The van der Waals surface area contributed by atoms with Crippen LogP contribution in [-0.4, -0.2) is 11.9 Å². The Labute approximate surface area is 179 Å². The number of nitrogens with zero attached hydrogens (tertiary/aromatic N) is 1.